The highest BCUT2D eigenvalue weighted by Crippen LogP contribution is 2.29. The molecule has 2 amide bonds. The first-order valence-corrected chi connectivity index (χ1v) is 9.09. The van der Waals surface area contributed by atoms with Crippen LogP contribution in [0.2, 0.25) is 0 Å². The molecule has 2 heterocycles. The van der Waals surface area contributed by atoms with Crippen molar-refractivity contribution in [2.75, 3.05) is 39.5 Å². The number of nitrogens with one attached hydrogen (secondary N) is 1. The number of nitrogens with zero attached hydrogens (tertiary/aromatic N) is 1. The van der Waals surface area contributed by atoms with Crippen molar-refractivity contribution in [2.45, 2.75) is 25.0 Å². The van der Waals surface area contributed by atoms with E-state index in [1.54, 1.807) is 11.8 Å². The van der Waals surface area contributed by atoms with Crippen LogP contribution in [0.3, 0.4) is 0 Å². The second-order valence-corrected chi connectivity index (χ2v) is 6.49. The van der Waals surface area contributed by atoms with Gasteiger partial charge >= 0.3 is 5.97 Å². The molecule has 3 rings (SSSR count). The Morgan fingerprint density at radius 3 is 2.48 bits per heavy atom. The molecule has 27 heavy (non-hydrogen) atoms. The van der Waals surface area contributed by atoms with Crippen molar-refractivity contribution in [3.05, 3.63) is 35.9 Å². The Balaban J connectivity index is 1.74. The lowest BCUT2D eigenvalue weighted by Gasteiger charge is -2.31. The lowest BCUT2D eigenvalue weighted by atomic mass is 10.0. The highest BCUT2D eigenvalue weighted by Gasteiger charge is 2.61. The van der Waals surface area contributed by atoms with Crippen molar-refractivity contribution in [3.8, 4) is 0 Å². The molecule has 2 atom stereocenters. The Morgan fingerprint density at radius 1 is 1.22 bits per heavy atom. The Morgan fingerprint density at radius 2 is 1.89 bits per heavy atom. The molecule has 1 N–H and O–H groups in total. The van der Waals surface area contributed by atoms with E-state index in [0.717, 1.165) is 5.56 Å². The number of carbonyl (C=O) groups excluding carboxylic acids is 3. The molecule has 0 unspecified atom stereocenters. The number of hydrogen-bond acceptors (Lipinski definition) is 6. The first-order chi connectivity index (χ1) is 13.1. The molecular weight excluding hydrogens is 352 g/mol. The zero-order valence-corrected chi connectivity index (χ0v) is 15.3. The molecule has 2 fully saturated rings. The molecule has 1 aromatic carbocycles. The molecule has 0 aliphatic carbocycles. The van der Waals surface area contributed by atoms with Gasteiger partial charge < -0.3 is 24.4 Å². The van der Waals surface area contributed by atoms with Crippen LogP contribution < -0.4 is 5.32 Å². The summed E-state index contributed by atoms with van der Waals surface area (Å²) in [7, 11) is 0. The number of esters is 1. The zero-order valence-electron chi connectivity index (χ0n) is 15.3. The molecular formula is C19H24N2O6. The monoisotopic (exact) mass is 376 g/mol. The summed E-state index contributed by atoms with van der Waals surface area (Å²) in [6, 6.07) is 8.61. The van der Waals surface area contributed by atoms with Gasteiger partial charge in [0, 0.05) is 19.5 Å². The summed E-state index contributed by atoms with van der Waals surface area (Å²) in [5.74, 6) is -1.56. The zero-order chi connectivity index (χ0) is 19.3. The average Bonchev–Trinajstić information content (AvgIpc) is 3.51. The van der Waals surface area contributed by atoms with Gasteiger partial charge in [-0.3, -0.25) is 9.59 Å². The molecule has 8 heteroatoms. The van der Waals surface area contributed by atoms with E-state index in [9.17, 15) is 14.4 Å². The second kappa shape index (κ2) is 8.49. The molecule has 8 nitrogen and oxygen atoms in total. The quantitative estimate of drug-likeness (QED) is 0.406. The minimum absolute atomic E-state index is 0.0402. The molecule has 0 bridgehead atoms. The number of ether oxygens (including phenoxy) is 3. The summed E-state index contributed by atoms with van der Waals surface area (Å²) in [5.41, 5.74) is -0.720. The van der Waals surface area contributed by atoms with Gasteiger partial charge in [0.05, 0.1) is 26.4 Å². The van der Waals surface area contributed by atoms with Crippen molar-refractivity contribution < 1.29 is 28.6 Å². The van der Waals surface area contributed by atoms with E-state index in [-0.39, 0.29) is 19.1 Å². The van der Waals surface area contributed by atoms with Crippen molar-refractivity contribution in [2.24, 2.45) is 0 Å². The highest BCUT2D eigenvalue weighted by molar-refractivity contribution is 6.10. The number of epoxide rings is 1. The first-order valence-electron chi connectivity index (χ1n) is 9.09. The van der Waals surface area contributed by atoms with Crippen molar-refractivity contribution in [3.63, 3.8) is 0 Å². The summed E-state index contributed by atoms with van der Waals surface area (Å²) < 4.78 is 15.3. The van der Waals surface area contributed by atoms with Crippen LogP contribution in [0.25, 0.3) is 0 Å². The van der Waals surface area contributed by atoms with Gasteiger partial charge in [-0.05, 0) is 12.5 Å². The van der Waals surface area contributed by atoms with Crippen molar-refractivity contribution >= 4 is 17.8 Å². The lowest BCUT2D eigenvalue weighted by molar-refractivity contribution is -0.155. The van der Waals surface area contributed by atoms with Crippen LogP contribution in [-0.4, -0.2) is 73.8 Å². The number of hydrogen-bond donors (Lipinski definition) is 1. The molecule has 2 saturated heterocycles. The van der Waals surface area contributed by atoms with E-state index >= 15 is 0 Å². The average molecular weight is 376 g/mol. The van der Waals surface area contributed by atoms with Crippen LogP contribution in [0.4, 0.5) is 0 Å². The fourth-order valence-corrected chi connectivity index (χ4v) is 2.99. The summed E-state index contributed by atoms with van der Waals surface area (Å²) in [6.45, 7) is 3.64. The molecule has 2 aliphatic heterocycles. The Hall–Kier alpha value is -2.45. The van der Waals surface area contributed by atoms with Gasteiger partial charge in [-0.15, -0.1) is 0 Å². The van der Waals surface area contributed by atoms with Crippen LogP contribution >= 0.6 is 0 Å². The van der Waals surface area contributed by atoms with E-state index in [0.29, 0.717) is 32.7 Å². The van der Waals surface area contributed by atoms with Gasteiger partial charge in [0.25, 0.3) is 11.5 Å². The Kier molecular flexibility index (Phi) is 6.08. The summed E-state index contributed by atoms with van der Waals surface area (Å²) >= 11 is 0. The maximum absolute atomic E-state index is 13.0. The molecule has 0 spiro atoms. The third-order valence-electron chi connectivity index (χ3n) is 4.61. The predicted octanol–water partition coefficient (Wildman–Crippen LogP) is -0.0952. The van der Waals surface area contributed by atoms with Crippen LogP contribution in [0.1, 0.15) is 12.5 Å². The third kappa shape index (κ3) is 4.45. The van der Waals surface area contributed by atoms with E-state index in [2.05, 4.69) is 5.32 Å². The van der Waals surface area contributed by atoms with E-state index in [4.69, 9.17) is 14.2 Å². The largest absolute Gasteiger partial charge is 0.463 e. The number of benzene rings is 1. The van der Waals surface area contributed by atoms with Gasteiger partial charge in [0.15, 0.2) is 0 Å². The van der Waals surface area contributed by atoms with E-state index < -0.39 is 23.5 Å². The lowest BCUT2D eigenvalue weighted by Crippen LogP contribution is -2.56. The first kappa shape index (κ1) is 19.3. The number of rotatable bonds is 7. The molecule has 1 aromatic rings. The van der Waals surface area contributed by atoms with Crippen LogP contribution in [0.5, 0.6) is 0 Å². The normalized spacial score (nSPS) is 22.6. The SMILES string of the molecule is CCOC(=O)[C@@]1(C(=O)N[C@@H](Cc2ccccc2)C(=O)N2CCOCC2)CO1. The summed E-state index contributed by atoms with van der Waals surface area (Å²) in [5, 5.41) is 2.71. The highest BCUT2D eigenvalue weighted by atomic mass is 16.6. The van der Waals surface area contributed by atoms with Crippen LogP contribution in [0.15, 0.2) is 30.3 Å². The maximum Gasteiger partial charge on any atom is 0.350 e. The molecule has 0 aromatic heterocycles. The predicted molar refractivity (Wildman–Crippen MR) is 94.8 cm³/mol. The number of morpholine rings is 1. The molecule has 0 saturated carbocycles. The van der Waals surface area contributed by atoms with Gasteiger partial charge in [-0.25, -0.2) is 4.79 Å². The van der Waals surface area contributed by atoms with Gasteiger partial charge in [-0.2, -0.15) is 0 Å². The molecule has 2 aliphatic rings. The Bertz CT molecular complexity index is 683. The van der Waals surface area contributed by atoms with Crippen LogP contribution in [-0.2, 0) is 35.0 Å². The fourth-order valence-electron chi connectivity index (χ4n) is 2.99. The summed E-state index contributed by atoms with van der Waals surface area (Å²) in [4.78, 5) is 39.4. The topological polar surface area (TPSA) is 97.5 Å². The van der Waals surface area contributed by atoms with Gasteiger partial charge in [-0.1, -0.05) is 30.3 Å². The van der Waals surface area contributed by atoms with E-state index in [1.165, 1.54) is 0 Å². The number of amides is 2. The standard InChI is InChI=1S/C19H24N2O6/c1-2-26-18(24)19(13-27-19)17(23)20-15(12-14-6-4-3-5-7-14)16(22)21-8-10-25-11-9-21/h3-7,15H,2,8-13H2,1H3,(H,20,23)/t15-,19-/m0/s1. The van der Waals surface area contributed by atoms with Gasteiger partial charge in [0.2, 0.25) is 5.91 Å². The summed E-state index contributed by atoms with van der Waals surface area (Å²) in [6.07, 6.45) is 0.321. The minimum atomic E-state index is -1.63. The van der Waals surface area contributed by atoms with E-state index in [1.807, 2.05) is 30.3 Å². The van der Waals surface area contributed by atoms with Crippen LogP contribution in [0, 0.1) is 0 Å². The second-order valence-electron chi connectivity index (χ2n) is 6.49. The Labute approximate surface area is 157 Å². The van der Waals surface area contributed by atoms with Crippen molar-refractivity contribution in [1.29, 1.82) is 0 Å². The fraction of sp³-hybridized carbons (Fsp3) is 0.526. The van der Waals surface area contributed by atoms with Gasteiger partial charge in [0.1, 0.15) is 6.04 Å². The molecule has 0 radical (unpaired) electrons. The molecule has 146 valence electrons. The smallest absolute Gasteiger partial charge is 0.350 e. The minimum Gasteiger partial charge on any atom is -0.463 e. The van der Waals surface area contributed by atoms with Crippen molar-refractivity contribution in [1.82, 2.24) is 10.2 Å². The third-order valence-corrected chi connectivity index (χ3v) is 4.61. The maximum atomic E-state index is 13.0. The number of carbonyl (C=O) groups is 3.